The molecule has 2 heteroatoms. The number of aryl methyl sites for hydroxylation is 1. The highest BCUT2D eigenvalue weighted by molar-refractivity contribution is 5.16. The molecule has 1 N–H and O–H groups in total. The van der Waals surface area contributed by atoms with E-state index in [9.17, 15) is 5.11 Å². The first kappa shape index (κ1) is 11.6. The maximum Gasteiger partial charge on any atom is 0.0987 e. The molecule has 0 radical (unpaired) electrons. The summed E-state index contributed by atoms with van der Waals surface area (Å²) in [5.74, 6) is 0.414. The minimum absolute atomic E-state index is 0.363. The summed E-state index contributed by atoms with van der Waals surface area (Å²) in [5.41, 5.74) is 2.03. The molecule has 16 heavy (non-hydrogen) atoms. The van der Waals surface area contributed by atoms with Crippen LogP contribution in [0.2, 0.25) is 0 Å². The molecular weight excluding hydrogens is 198 g/mol. The van der Waals surface area contributed by atoms with Crippen molar-refractivity contribution in [3.8, 4) is 0 Å². The first-order chi connectivity index (χ1) is 7.77. The van der Waals surface area contributed by atoms with Crippen LogP contribution in [0.5, 0.6) is 0 Å². The van der Waals surface area contributed by atoms with Gasteiger partial charge in [-0.25, -0.2) is 0 Å². The van der Waals surface area contributed by atoms with Crippen LogP contribution in [-0.2, 0) is 0 Å². The van der Waals surface area contributed by atoms with E-state index in [1.807, 2.05) is 19.1 Å². The molecule has 1 saturated carbocycles. The van der Waals surface area contributed by atoms with Crippen molar-refractivity contribution in [3.05, 3.63) is 29.6 Å². The van der Waals surface area contributed by atoms with E-state index in [1.54, 1.807) is 6.20 Å². The molecule has 0 saturated heterocycles. The van der Waals surface area contributed by atoms with Crippen molar-refractivity contribution in [2.75, 3.05) is 0 Å². The Bertz CT molecular complexity index is 329. The van der Waals surface area contributed by atoms with Crippen LogP contribution in [0.15, 0.2) is 18.3 Å². The van der Waals surface area contributed by atoms with Gasteiger partial charge in [-0.15, -0.1) is 0 Å². The fourth-order valence-corrected chi connectivity index (χ4v) is 2.59. The number of aliphatic hydroxyl groups is 1. The molecule has 1 atom stereocenters. The summed E-state index contributed by atoms with van der Waals surface area (Å²) in [5, 5.41) is 10.3. The Morgan fingerprint density at radius 1 is 1.25 bits per heavy atom. The predicted octanol–water partition coefficient (Wildman–Crippen LogP) is 3.39. The third kappa shape index (κ3) is 2.82. The van der Waals surface area contributed by atoms with Crippen molar-refractivity contribution < 1.29 is 5.11 Å². The second-order valence-electron chi connectivity index (χ2n) is 4.95. The summed E-state index contributed by atoms with van der Waals surface area (Å²) in [7, 11) is 0. The zero-order chi connectivity index (χ0) is 11.4. The van der Waals surface area contributed by atoms with Crippen LogP contribution < -0.4 is 0 Å². The summed E-state index contributed by atoms with van der Waals surface area (Å²) in [6.45, 7) is 2.05. The van der Waals surface area contributed by atoms with E-state index >= 15 is 0 Å². The highest BCUT2D eigenvalue weighted by Crippen LogP contribution is 2.32. The molecule has 0 aromatic carbocycles. The standard InChI is InChI=1S/C14H21NO/c1-11-8-9-15-13(10-11)14(16)12-6-4-2-3-5-7-12/h8-10,12,14,16H,2-7H2,1H3. The molecule has 1 unspecified atom stereocenters. The molecule has 0 amide bonds. The van der Waals surface area contributed by atoms with Crippen LogP contribution in [0.25, 0.3) is 0 Å². The van der Waals surface area contributed by atoms with E-state index in [0.29, 0.717) is 5.92 Å². The van der Waals surface area contributed by atoms with Crippen molar-refractivity contribution in [2.45, 2.75) is 51.6 Å². The van der Waals surface area contributed by atoms with Gasteiger partial charge in [0.05, 0.1) is 11.8 Å². The molecule has 1 fully saturated rings. The molecule has 1 aliphatic carbocycles. The number of hydrogen-bond donors (Lipinski definition) is 1. The monoisotopic (exact) mass is 219 g/mol. The minimum Gasteiger partial charge on any atom is -0.387 e. The lowest BCUT2D eigenvalue weighted by Gasteiger charge is -2.20. The van der Waals surface area contributed by atoms with E-state index in [1.165, 1.54) is 31.2 Å². The Morgan fingerprint density at radius 2 is 1.94 bits per heavy atom. The molecule has 2 rings (SSSR count). The van der Waals surface area contributed by atoms with Crippen LogP contribution in [-0.4, -0.2) is 10.1 Å². The molecule has 0 aliphatic heterocycles. The van der Waals surface area contributed by atoms with Crippen molar-refractivity contribution >= 4 is 0 Å². The molecule has 2 nitrogen and oxygen atoms in total. The lowest BCUT2D eigenvalue weighted by Crippen LogP contribution is -2.13. The second kappa shape index (κ2) is 5.44. The van der Waals surface area contributed by atoms with E-state index < -0.39 is 0 Å². The quantitative estimate of drug-likeness (QED) is 0.773. The Hall–Kier alpha value is -0.890. The van der Waals surface area contributed by atoms with Crippen LogP contribution in [0.1, 0.15) is 55.9 Å². The summed E-state index contributed by atoms with van der Waals surface area (Å²) in [4.78, 5) is 4.30. The van der Waals surface area contributed by atoms with Gasteiger partial charge in [-0.05, 0) is 43.4 Å². The maximum atomic E-state index is 10.3. The highest BCUT2D eigenvalue weighted by Gasteiger charge is 2.22. The Kier molecular flexibility index (Phi) is 3.94. The van der Waals surface area contributed by atoms with Gasteiger partial charge < -0.3 is 5.11 Å². The molecule has 88 valence electrons. The van der Waals surface area contributed by atoms with Crippen molar-refractivity contribution in [1.29, 1.82) is 0 Å². The van der Waals surface area contributed by atoms with Crippen molar-refractivity contribution in [1.82, 2.24) is 4.98 Å². The maximum absolute atomic E-state index is 10.3. The largest absolute Gasteiger partial charge is 0.387 e. The fourth-order valence-electron chi connectivity index (χ4n) is 2.59. The number of nitrogens with zero attached hydrogens (tertiary/aromatic N) is 1. The summed E-state index contributed by atoms with van der Waals surface area (Å²) < 4.78 is 0. The number of hydrogen-bond acceptors (Lipinski definition) is 2. The lowest BCUT2D eigenvalue weighted by atomic mass is 9.91. The van der Waals surface area contributed by atoms with E-state index in [4.69, 9.17) is 0 Å². The van der Waals surface area contributed by atoms with Crippen LogP contribution in [0.3, 0.4) is 0 Å². The number of aliphatic hydroxyl groups excluding tert-OH is 1. The normalized spacial score (nSPS) is 20.4. The van der Waals surface area contributed by atoms with Crippen LogP contribution in [0.4, 0.5) is 0 Å². The van der Waals surface area contributed by atoms with Crippen LogP contribution in [0, 0.1) is 12.8 Å². The zero-order valence-electron chi connectivity index (χ0n) is 10.0. The molecule has 0 spiro atoms. The smallest absolute Gasteiger partial charge is 0.0987 e. The predicted molar refractivity (Wildman–Crippen MR) is 65.1 cm³/mol. The number of aromatic nitrogens is 1. The average Bonchev–Trinajstić information content (AvgIpc) is 2.56. The number of pyridine rings is 1. The summed E-state index contributed by atoms with van der Waals surface area (Å²) in [6, 6.07) is 3.98. The van der Waals surface area contributed by atoms with Gasteiger partial charge in [0.15, 0.2) is 0 Å². The highest BCUT2D eigenvalue weighted by atomic mass is 16.3. The van der Waals surface area contributed by atoms with Gasteiger partial charge in [0.1, 0.15) is 0 Å². The first-order valence-corrected chi connectivity index (χ1v) is 6.38. The molecule has 0 bridgehead atoms. The number of rotatable bonds is 2. The van der Waals surface area contributed by atoms with Gasteiger partial charge in [0.25, 0.3) is 0 Å². The Labute approximate surface area is 97.7 Å². The Morgan fingerprint density at radius 3 is 2.56 bits per heavy atom. The zero-order valence-corrected chi connectivity index (χ0v) is 10.0. The SMILES string of the molecule is Cc1ccnc(C(O)C2CCCCCC2)c1. The van der Waals surface area contributed by atoms with E-state index in [-0.39, 0.29) is 6.10 Å². The van der Waals surface area contributed by atoms with Gasteiger partial charge in [-0.2, -0.15) is 0 Å². The summed E-state index contributed by atoms with van der Waals surface area (Å²) in [6.07, 6.45) is 8.90. The first-order valence-electron chi connectivity index (χ1n) is 6.38. The molecule has 1 heterocycles. The molecular formula is C14H21NO. The molecule has 1 aromatic rings. The van der Waals surface area contributed by atoms with E-state index in [0.717, 1.165) is 18.5 Å². The second-order valence-corrected chi connectivity index (χ2v) is 4.95. The van der Waals surface area contributed by atoms with Crippen LogP contribution >= 0.6 is 0 Å². The van der Waals surface area contributed by atoms with Gasteiger partial charge in [-0.3, -0.25) is 4.98 Å². The third-order valence-electron chi connectivity index (χ3n) is 3.59. The van der Waals surface area contributed by atoms with E-state index in [2.05, 4.69) is 4.98 Å². The van der Waals surface area contributed by atoms with Crippen molar-refractivity contribution in [2.24, 2.45) is 5.92 Å². The van der Waals surface area contributed by atoms with Gasteiger partial charge in [0, 0.05) is 6.20 Å². The third-order valence-corrected chi connectivity index (χ3v) is 3.59. The van der Waals surface area contributed by atoms with Crippen molar-refractivity contribution in [3.63, 3.8) is 0 Å². The Balaban J connectivity index is 2.07. The molecule has 1 aromatic heterocycles. The van der Waals surface area contributed by atoms with Gasteiger partial charge in [-0.1, -0.05) is 25.7 Å². The lowest BCUT2D eigenvalue weighted by molar-refractivity contribution is 0.0947. The summed E-state index contributed by atoms with van der Waals surface area (Å²) >= 11 is 0. The molecule has 1 aliphatic rings. The fraction of sp³-hybridized carbons (Fsp3) is 0.643. The topological polar surface area (TPSA) is 33.1 Å². The average molecular weight is 219 g/mol. The minimum atomic E-state index is -0.363. The van der Waals surface area contributed by atoms with Gasteiger partial charge in [0.2, 0.25) is 0 Å². The van der Waals surface area contributed by atoms with Gasteiger partial charge >= 0.3 is 0 Å².